The van der Waals surface area contributed by atoms with E-state index in [9.17, 15) is 8.78 Å². The van der Waals surface area contributed by atoms with Crippen LogP contribution >= 0.6 is 0 Å². The van der Waals surface area contributed by atoms with Crippen LogP contribution in [0.5, 0.6) is 0 Å². The number of rotatable bonds is 7. The smallest absolute Gasteiger partial charge is 0.162 e. The maximum atomic E-state index is 15.1. The lowest BCUT2D eigenvalue weighted by atomic mass is 9.76. The molecule has 31 heavy (non-hydrogen) atoms. The second kappa shape index (κ2) is 10.2. The van der Waals surface area contributed by atoms with Crippen molar-refractivity contribution in [3.8, 4) is 0 Å². The van der Waals surface area contributed by atoms with E-state index in [0.717, 1.165) is 36.3 Å². The first-order valence-corrected chi connectivity index (χ1v) is 12.3. The van der Waals surface area contributed by atoms with Crippen molar-refractivity contribution in [2.24, 2.45) is 5.92 Å². The third kappa shape index (κ3) is 5.18. The summed E-state index contributed by atoms with van der Waals surface area (Å²) in [4.78, 5) is 0. The lowest BCUT2D eigenvalue weighted by Crippen LogP contribution is -2.17. The summed E-state index contributed by atoms with van der Waals surface area (Å²) in [6, 6.07) is 8.59. The molecule has 2 aliphatic rings. The molecular formula is C28H35F3. The summed E-state index contributed by atoms with van der Waals surface area (Å²) >= 11 is 0. The summed E-state index contributed by atoms with van der Waals surface area (Å²) in [5.74, 6) is -0.535. The number of fused-ring (bicyclic) bond motifs is 1. The Bertz CT molecular complexity index is 880. The fraction of sp³-hybridized carbons (Fsp3) is 0.571. The van der Waals surface area contributed by atoms with Gasteiger partial charge in [-0.15, -0.1) is 0 Å². The van der Waals surface area contributed by atoms with Gasteiger partial charge >= 0.3 is 0 Å². The molecule has 0 nitrogen and oxygen atoms in total. The highest BCUT2D eigenvalue weighted by Gasteiger charge is 2.27. The van der Waals surface area contributed by atoms with E-state index in [-0.39, 0.29) is 11.7 Å². The Labute approximate surface area is 185 Å². The van der Waals surface area contributed by atoms with Gasteiger partial charge < -0.3 is 0 Å². The highest BCUT2D eigenvalue weighted by molar-refractivity contribution is 5.37. The minimum Gasteiger partial charge on any atom is -0.207 e. The van der Waals surface area contributed by atoms with Gasteiger partial charge in [0.1, 0.15) is 5.82 Å². The van der Waals surface area contributed by atoms with E-state index in [2.05, 4.69) is 13.0 Å². The Morgan fingerprint density at radius 3 is 2.35 bits per heavy atom. The number of aryl methyl sites for hydroxylation is 1. The number of benzene rings is 2. The van der Waals surface area contributed by atoms with Crippen molar-refractivity contribution in [3.05, 3.63) is 70.0 Å². The summed E-state index contributed by atoms with van der Waals surface area (Å²) in [6.07, 6.45) is 13.3. The van der Waals surface area contributed by atoms with Crippen molar-refractivity contribution >= 4 is 0 Å². The third-order valence-electron chi connectivity index (χ3n) is 7.75. The van der Waals surface area contributed by atoms with Crippen molar-refractivity contribution in [1.82, 2.24) is 0 Å². The van der Waals surface area contributed by atoms with E-state index >= 15 is 4.39 Å². The van der Waals surface area contributed by atoms with Gasteiger partial charge in [-0.1, -0.05) is 57.2 Å². The molecule has 2 aliphatic carbocycles. The largest absolute Gasteiger partial charge is 0.207 e. The van der Waals surface area contributed by atoms with E-state index in [1.165, 1.54) is 51.0 Å². The summed E-state index contributed by atoms with van der Waals surface area (Å²) in [7, 11) is 0. The average molecular weight is 429 g/mol. The molecule has 0 aromatic heterocycles. The van der Waals surface area contributed by atoms with E-state index in [4.69, 9.17) is 0 Å². The maximum Gasteiger partial charge on any atom is 0.162 e. The van der Waals surface area contributed by atoms with Crippen LogP contribution in [0, 0.1) is 23.4 Å². The lowest BCUT2D eigenvalue weighted by molar-refractivity contribution is 0.301. The van der Waals surface area contributed by atoms with Crippen LogP contribution in [0.25, 0.3) is 0 Å². The Balaban J connectivity index is 1.37. The van der Waals surface area contributed by atoms with E-state index in [0.29, 0.717) is 29.9 Å². The highest BCUT2D eigenvalue weighted by atomic mass is 19.2. The van der Waals surface area contributed by atoms with Crippen molar-refractivity contribution in [2.45, 2.75) is 95.8 Å². The fourth-order valence-electron chi connectivity index (χ4n) is 5.80. The molecule has 2 aromatic rings. The first-order chi connectivity index (χ1) is 15.1. The molecule has 1 fully saturated rings. The van der Waals surface area contributed by atoms with Crippen LogP contribution < -0.4 is 0 Å². The summed E-state index contributed by atoms with van der Waals surface area (Å²) in [6.45, 7) is 2.25. The van der Waals surface area contributed by atoms with Crippen molar-refractivity contribution in [3.63, 3.8) is 0 Å². The molecule has 168 valence electrons. The minimum absolute atomic E-state index is 0.0864. The second-order valence-corrected chi connectivity index (χ2v) is 9.79. The fourth-order valence-corrected chi connectivity index (χ4v) is 5.80. The molecule has 0 spiro atoms. The monoisotopic (exact) mass is 428 g/mol. The summed E-state index contributed by atoms with van der Waals surface area (Å²) < 4.78 is 43.0. The zero-order chi connectivity index (χ0) is 21.8. The highest BCUT2D eigenvalue weighted by Crippen LogP contribution is 2.40. The van der Waals surface area contributed by atoms with Gasteiger partial charge in [0, 0.05) is 0 Å². The van der Waals surface area contributed by atoms with Crippen molar-refractivity contribution < 1.29 is 13.2 Å². The molecule has 4 rings (SSSR count). The molecule has 0 aliphatic heterocycles. The molecule has 0 N–H and O–H groups in total. The molecule has 2 aromatic carbocycles. The van der Waals surface area contributed by atoms with Gasteiger partial charge in [-0.05, 0) is 97.1 Å². The van der Waals surface area contributed by atoms with Crippen molar-refractivity contribution in [1.29, 1.82) is 0 Å². The number of hydrogen-bond donors (Lipinski definition) is 0. The first kappa shape index (κ1) is 22.4. The summed E-state index contributed by atoms with van der Waals surface area (Å²) in [5, 5.41) is 0. The molecule has 0 radical (unpaired) electrons. The molecule has 1 unspecified atom stereocenters. The molecular weight excluding hydrogens is 393 g/mol. The standard InChI is InChI=1S/C28H35F3/c1-2-3-4-5-6-19-7-9-20(10-8-19)22-13-15-24(27(30)18-22)23-12-11-21-14-16-26(29)28(31)25(21)17-23/h13-16,18-20,23H,2-12,17H2,1H3. The van der Waals surface area contributed by atoms with Gasteiger partial charge in [-0.3, -0.25) is 0 Å². The Hall–Kier alpha value is -1.77. The second-order valence-electron chi connectivity index (χ2n) is 9.79. The van der Waals surface area contributed by atoms with E-state index in [1.54, 1.807) is 12.1 Å². The SMILES string of the molecule is CCCCCCC1CCC(c2ccc(C3CCc4ccc(F)c(F)c4C3)c(F)c2)CC1. The number of unbranched alkanes of at least 4 members (excludes halogenated alkanes) is 3. The molecule has 1 atom stereocenters. The van der Waals surface area contributed by atoms with Crippen LogP contribution in [0.1, 0.15) is 105 Å². The zero-order valence-electron chi connectivity index (χ0n) is 18.7. The normalized spacial score (nSPS) is 23.5. The van der Waals surface area contributed by atoms with Gasteiger partial charge in [-0.2, -0.15) is 0 Å². The molecule has 0 saturated heterocycles. The van der Waals surface area contributed by atoms with Crippen LogP contribution in [0.15, 0.2) is 30.3 Å². The van der Waals surface area contributed by atoms with E-state index < -0.39 is 11.6 Å². The molecule has 0 amide bonds. The average Bonchev–Trinajstić information content (AvgIpc) is 2.79. The van der Waals surface area contributed by atoms with Gasteiger partial charge in [0.2, 0.25) is 0 Å². The Kier molecular flexibility index (Phi) is 7.40. The Morgan fingerprint density at radius 2 is 1.61 bits per heavy atom. The van der Waals surface area contributed by atoms with Crippen LogP contribution in [-0.2, 0) is 12.8 Å². The van der Waals surface area contributed by atoms with Crippen LogP contribution in [0.3, 0.4) is 0 Å². The molecule has 0 bridgehead atoms. The predicted octanol–water partition coefficient (Wildman–Crippen LogP) is 8.62. The van der Waals surface area contributed by atoms with Crippen LogP contribution in [0.4, 0.5) is 13.2 Å². The number of halogens is 3. The molecule has 1 saturated carbocycles. The third-order valence-corrected chi connectivity index (χ3v) is 7.75. The molecule has 0 heterocycles. The van der Waals surface area contributed by atoms with Gasteiger partial charge in [-0.25, -0.2) is 13.2 Å². The quantitative estimate of drug-likeness (QED) is 0.387. The number of hydrogen-bond acceptors (Lipinski definition) is 0. The van der Waals surface area contributed by atoms with E-state index in [1.807, 2.05) is 6.07 Å². The van der Waals surface area contributed by atoms with Gasteiger partial charge in [0.25, 0.3) is 0 Å². The summed E-state index contributed by atoms with van der Waals surface area (Å²) in [5.41, 5.74) is 3.05. The van der Waals surface area contributed by atoms with Crippen LogP contribution in [0.2, 0.25) is 0 Å². The van der Waals surface area contributed by atoms with Crippen LogP contribution in [-0.4, -0.2) is 0 Å². The van der Waals surface area contributed by atoms with Gasteiger partial charge in [0.05, 0.1) is 0 Å². The Morgan fingerprint density at radius 1 is 0.806 bits per heavy atom. The lowest BCUT2D eigenvalue weighted by Gasteiger charge is -2.30. The topological polar surface area (TPSA) is 0 Å². The first-order valence-electron chi connectivity index (χ1n) is 12.3. The van der Waals surface area contributed by atoms with Gasteiger partial charge in [0.15, 0.2) is 11.6 Å². The van der Waals surface area contributed by atoms with Crippen molar-refractivity contribution in [2.75, 3.05) is 0 Å². The predicted molar refractivity (Wildman–Crippen MR) is 121 cm³/mol. The zero-order valence-corrected chi connectivity index (χ0v) is 18.7. The maximum absolute atomic E-state index is 15.1. The molecule has 3 heteroatoms. The minimum atomic E-state index is -0.809.